The summed E-state index contributed by atoms with van der Waals surface area (Å²) in [6, 6.07) is 11.6. The van der Waals surface area contributed by atoms with Gasteiger partial charge in [-0.3, -0.25) is 4.79 Å². The molecule has 1 amide bonds. The highest BCUT2D eigenvalue weighted by Crippen LogP contribution is 2.15. The van der Waals surface area contributed by atoms with E-state index in [9.17, 15) is 10.1 Å². The second kappa shape index (κ2) is 8.22. The predicted molar refractivity (Wildman–Crippen MR) is 89.2 cm³/mol. The lowest BCUT2D eigenvalue weighted by molar-refractivity contribution is -0.127. The molecule has 0 radical (unpaired) electrons. The molecule has 0 aliphatic rings. The molecule has 126 valence electrons. The standard InChI is InChI=1S/C17H21N5O2/c1-12(2)11-24-13(3)17(23)19-16-15(9-18)20-21-22(16)10-14-7-5-4-6-8-14/h4-8,12-13H,10-11H2,1-3H3,(H,19,23). The lowest BCUT2D eigenvalue weighted by atomic mass is 10.2. The molecule has 7 heteroatoms. The summed E-state index contributed by atoms with van der Waals surface area (Å²) in [6.45, 7) is 6.59. The summed E-state index contributed by atoms with van der Waals surface area (Å²) in [5.41, 5.74) is 1.07. The maximum Gasteiger partial charge on any atom is 0.254 e. The van der Waals surface area contributed by atoms with Gasteiger partial charge >= 0.3 is 0 Å². The largest absolute Gasteiger partial charge is 0.368 e. The number of hydrogen-bond donors (Lipinski definition) is 1. The number of nitrogens with zero attached hydrogens (tertiary/aromatic N) is 4. The average Bonchev–Trinajstić information content (AvgIpc) is 2.95. The zero-order chi connectivity index (χ0) is 17.5. The number of ether oxygens (including phenoxy) is 1. The number of nitrogens with one attached hydrogen (secondary N) is 1. The Bertz CT molecular complexity index is 718. The summed E-state index contributed by atoms with van der Waals surface area (Å²) in [6.07, 6.45) is -0.626. The van der Waals surface area contributed by atoms with Gasteiger partial charge in [-0.25, -0.2) is 4.68 Å². The third-order valence-electron chi connectivity index (χ3n) is 3.31. The summed E-state index contributed by atoms with van der Waals surface area (Å²) in [7, 11) is 0. The Kier molecular flexibility index (Phi) is 6.04. The van der Waals surface area contributed by atoms with Crippen LogP contribution in [-0.4, -0.2) is 33.6 Å². The smallest absolute Gasteiger partial charge is 0.254 e. The topological polar surface area (TPSA) is 92.8 Å². The van der Waals surface area contributed by atoms with Crippen molar-refractivity contribution in [2.75, 3.05) is 11.9 Å². The van der Waals surface area contributed by atoms with Gasteiger partial charge in [0.1, 0.15) is 12.2 Å². The average molecular weight is 327 g/mol. The molecule has 24 heavy (non-hydrogen) atoms. The van der Waals surface area contributed by atoms with Crippen LogP contribution in [0.25, 0.3) is 0 Å². The summed E-state index contributed by atoms with van der Waals surface area (Å²) in [5.74, 6) is 0.287. The molecule has 0 saturated carbocycles. The van der Waals surface area contributed by atoms with Crippen molar-refractivity contribution in [1.29, 1.82) is 5.26 Å². The highest BCUT2D eigenvalue weighted by molar-refractivity contribution is 5.93. The van der Waals surface area contributed by atoms with E-state index >= 15 is 0 Å². The van der Waals surface area contributed by atoms with Crippen LogP contribution in [0.3, 0.4) is 0 Å². The van der Waals surface area contributed by atoms with E-state index in [4.69, 9.17) is 4.74 Å². The minimum absolute atomic E-state index is 0.0790. The number of rotatable bonds is 7. The first-order chi connectivity index (χ1) is 11.5. The van der Waals surface area contributed by atoms with Gasteiger partial charge in [0.25, 0.3) is 5.91 Å². The van der Waals surface area contributed by atoms with Crippen LogP contribution in [0.1, 0.15) is 32.0 Å². The lowest BCUT2D eigenvalue weighted by Gasteiger charge is -2.15. The maximum absolute atomic E-state index is 12.3. The van der Waals surface area contributed by atoms with Crippen LogP contribution in [0.4, 0.5) is 5.82 Å². The van der Waals surface area contributed by atoms with Crippen LogP contribution in [0.2, 0.25) is 0 Å². The number of hydrogen-bond acceptors (Lipinski definition) is 5. The van der Waals surface area contributed by atoms with Gasteiger partial charge in [0.15, 0.2) is 5.82 Å². The molecule has 2 aromatic rings. The van der Waals surface area contributed by atoms with Gasteiger partial charge in [-0.15, -0.1) is 5.10 Å². The third kappa shape index (κ3) is 4.64. The van der Waals surface area contributed by atoms with E-state index in [0.29, 0.717) is 19.1 Å². The minimum Gasteiger partial charge on any atom is -0.368 e. The first-order valence-electron chi connectivity index (χ1n) is 7.81. The van der Waals surface area contributed by atoms with Gasteiger partial charge in [-0.05, 0) is 18.4 Å². The van der Waals surface area contributed by atoms with Crippen LogP contribution in [0, 0.1) is 17.2 Å². The maximum atomic E-state index is 12.3. The molecule has 0 saturated heterocycles. The molecule has 0 aliphatic heterocycles. The first kappa shape index (κ1) is 17.6. The zero-order valence-electron chi connectivity index (χ0n) is 14.1. The van der Waals surface area contributed by atoms with Crippen LogP contribution in [0.5, 0.6) is 0 Å². The monoisotopic (exact) mass is 327 g/mol. The van der Waals surface area contributed by atoms with E-state index in [1.807, 2.05) is 50.2 Å². The van der Waals surface area contributed by atoms with Gasteiger partial charge in [-0.2, -0.15) is 5.26 Å². The molecule has 2 rings (SSSR count). The number of benzene rings is 1. The predicted octanol–water partition coefficient (Wildman–Crippen LogP) is 2.20. The number of carbonyl (C=O) groups is 1. The van der Waals surface area contributed by atoms with E-state index in [1.165, 1.54) is 4.68 Å². The van der Waals surface area contributed by atoms with E-state index in [1.54, 1.807) is 6.92 Å². The Morgan fingerprint density at radius 1 is 1.33 bits per heavy atom. The molecule has 1 N–H and O–H groups in total. The van der Waals surface area contributed by atoms with Crippen LogP contribution in [-0.2, 0) is 16.1 Å². The van der Waals surface area contributed by atoms with Crippen molar-refractivity contribution in [2.24, 2.45) is 5.92 Å². The van der Waals surface area contributed by atoms with Gasteiger partial charge in [0.2, 0.25) is 5.69 Å². The van der Waals surface area contributed by atoms with Crippen molar-refractivity contribution >= 4 is 11.7 Å². The molecule has 0 fully saturated rings. The number of anilines is 1. The van der Waals surface area contributed by atoms with E-state index < -0.39 is 6.10 Å². The van der Waals surface area contributed by atoms with Crippen molar-refractivity contribution in [1.82, 2.24) is 15.0 Å². The molecule has 0 bridgehead atoms. The Morgan fingerprint density at radius 2 is 2.04 bits per heavy atom. The molecule has 1 aromatic heterocycles. The molecule has 0 spiro atoms. The Balaban J connectivity index is 2.12. The second-order valence-corrected chi connectivity index (χ2v) is 5.90. The number of carbonyl (C=O) groups excluding carboxylic acids is 1. The number of aromatic nitrogens is 3. The highest BCUT2D eigenvalue weighted by atomic mass is 16.5. The highest BCUT2D eigenvalue weighted by Gasteiger charge is 2.20. The number of amides is 1. The Morgan fingerprint density at radius 3 is 2.67 bits per heavy atom. The third-order valence-corrected chi connectivity index (χ3v) is 3.31. The summed E-state index contributed by atoms with van der Waals surface area (Å²) < 4.78 is 7.00. The summed E-state index contributed by atoms with van der Waals surface area (Å²) in [4.78, 5) is 12.3. The minimum atomic E-state index is -0.626. The molecule has 1 aromatic carbocycles. The van der Waals surface area contributed by atoms with Gasteiger partial charge in [-0.1, -0.05) is 49.4 Å². The fraction of sp³-hybridized carbons (Fsp3) is 0.412. The molecule has 1 atom stereocenters. The molecule has 1 heterocycles. The Labute approximate surface area is 141 Å². The van der Waals surface area contributed by atoms with Crippen LogP contribution in [0.15, 0.2) is 30.3 Å². The molecule has 0 aliphatic carbocycles. The van der Waals surface area contributed by atoms with Gasteiger partial charge in [0.05, 0.1) is 6.54 Å². The molecular formula is C17H21N5O2. The number of nitriles is 1. The quantitative estimate of drug-likeness (QED) is 0.841. The van der Waals surface area contributed by atoms with Crippen molar-refractivity contribution < 1.29 is 9.53 Å². The van der Waals surface area contributed by atoms with E-state index in [0.717, 1.165) is 5.56 Å². The van der Waals surface area contributed by atoms with Crippen LogP contribution < -0.4 is 5.32 Å². The molecule has 1 unspecified atom stereocenters. The summed E-state index contributed by atoms with van der Waals surface area (Å²) in [5, 5.41) is 19.7. The van der Waals surface area contributed by atoms with Gasteiger partial charge < -0.3 is 10.1 Å². The first-order valence-corrected chi connectivity index (χ1v) is 7.81. The van der Waals surface area contributed by atoms with Crippen LogP contribution >= 0.6 is 0 Å². The van der Waals surface area contributed by atoms with Crippen molar-refractivity contribution in [3.8, 4) is 6.07 Å². The van der Waals surface area contributed by atoms with Gasteiger partial charge in [0, 0.05) is 6.61 Å². The van der Waals surface area contributed by atoms with E-state index in [-0.39, 0.29) is 17.4 Å². The van der Waals surface area contributed by atoms with Crippen molar-refractivity contribution in [3.63, 3.8) is 0 Å². The zero-order valence-corrected chi connectivity index (χ0v) is 14.1. The SMILES string of the molecule is CC(C)COC(C)C(=O)Nc1c(C#N)nnn1Cc1ccccc1. The lowest BCUT2D eigenvalue weighted by Crippen LogP contribution is -2.30. The summed E-state index contributed by atoms with van der Waals surface area (Å²) >= 11 is 0. The van der Waals surface area contributed by atoms with E-state index in [2.05, 4.69) is 15.6 Å². The second-order valence-electron chi connectivity index (χ2n) is 5.90. The van der Waals surface area contributed by atoms with Crippen molar-refractivity contribution in [3.05, 3.63) is 41.6 Å². The normalized spacial score (nSPS) is 12.0. The fourth-order valence-corrected chi connectivity index (χ4v) is 2.01. The van der Waals surface area contributed by atoms with Crippen molar-refractivity contribution in [2.45, 2.75) is 33.4 Å². The molecule has 7 nitrogen and oxygen atoms in total. The molecular weight excluding hydrogens is 306 g/mol. The Hall–Kier alpha value is -2.72. The fourth-order valence-electron chi connectivity index (χ4n) is 2.01.